The molecule has 0 heterocycles. The summed E-state index contributed by atoms with van der Waals surface area (Å²) >= 11 is 0. The third-order valence-electron chi connectivity index (χ3n) is 4.07. The van der Waals surface area contributed by atoms with Crippen molar-refractivity contribution >= 4 is 17.9 Å². The molecule has 0 spiro atoms. The number of aliphatic hydroxyl groups excluding tert-OH is 1. The summed E-state index contributed by atoms with van der Waals surface area (Å²) in [4.78, 5) is 41.5. The molecule has 0 bridgehead atoms. The average molecular weight is 356 g/mol. The van der Waals surface area contributed by atoms with Gasteiger partial charge in [0, 0.05) is 13.5 Å². The van der Waals surface area contributed by atoms with Crippen LogP contribution < -0.4 is 0 Å². The fourth-order valence-electron chi connectivity index (χ4n) is 2.72. The van der Waals surface area contributed by atoms with E-state index in [0.29, 0.717) is 5.56 Å². The van der Waals surface area contributed by atoms with E-state index < -0.39 is 17.5 Å². The number of carbonyl (C=O) groups is 1. The lowest BCUT2D eigenvalue weighted by molar-refractivity contribution is -0.147. The molecule has 134 valence electrons. The number of benzene rings is 1. The van der Waals surface area contributed by atoms with Gasteiger partial charge in [0.2, 0.25) is 17.9 Å². The Kier molecular flexibility index (Phi) is 6.11. The number of nitrogens with zero attached hydrogens (tertiary/aromatic N) is 2. The van der Waals surface area contributed by atoms with Crippen LogP contribution in [0.15, 0.2) is 63.5 Å². The molecular weight excluding hydrogens is 340 g/mol. The van der Waals surface area contributed by atoms with E-state index in [4.69, 9.17) is 9.47 Å². The molecule has 1 aliphatic rings. The normalized spacial score (nSPS) is 20.3. The molecular formula is C18H16N2O6. The molecule has 0 saturated carbocycles. The van der Waals surface area contributed by atoms with Crippen LogP contribution >= 0.6 is 0 Å². The second kappa shape index (κ2) is 8.29. The van der Waals surface area contributed by atoms with Crippen LogP contribution in [-0.2, 0) is 23.9 Å². The molecule has 8 nitrogen and oxygen atoms in total. The maximum absolute atomic E-state index is 13.1. The van der Waals surface area contributed by atoms with Crippen molar-refractivity contribution in [2.45, 2.75) is 18.1 Å². The quantitative estimate of drug-likeness (QED) is 0.585. The van der Waals surface area contributed by atoms with E-state index in [1.165, 1.54) is 32.5 Å². The Hall–Kier alpha value is -3.15. The molecule has 1 aromatic carbocycles. The van der Waals surface area contributed by atoms with Crippen LogP contribution in [0.2, 0.25) is 0 Å². The van der Waals surface area contributed by atoms with Crippen molar-refractivity contribution in [3.8, 4) is 0 Å². The number of isocyanates is 2. The number of hydrogen-bond donors (Lipinski definition) is 1. The van der Waals surface area contributed by atoms with Crippen molar-refractivity contribution in [1.82, 2.24) is 0 Å². The van der Waals surface area contributed by atoms with Crippen molar-refractivity contribution in [1.29, 1.82) is 0 Å². The minimum atomic E-state index is -1.81. The number of Topliss-reactive ketones (excluding diaryl/α,β-unsaturated/α-hetero) is 1. The molecule has 0 amide bonds. The van der Waals surface area contributed by atoms with Crippen molar-refractivity contribution in [3.05, 3.63) is 59.1 Å². The molecule has 0 aromatic heterocycles. The Bertz CT molecular complexity index is 848. The highest BCUT2D eigenvalue weighted by atomic mass is 16.5. The fraction of sp³-hybridized carbons (Fsp3) is 0.278. The highest BCUT2D eigenvalue weighted by Crippen LogP contribution is 2.40. The molecule has 0 fully saturated rings. The van der Waals surface area contributed by atoms with Gasteiger partial charge in [0.05, 0.1) is 12.8 Å². The Morgan fingerprint density at radius 1 is 1.19 bits per heavy atom. The number of hydrogen-bond acceptors (Lipinski definition) is 8. The number of aliphatic imine (C=N–C) groups is 2. The van der Waals surface area contributed by atoms with Crippen molar-refractivity contribution in [2.24, 2.45) is 9.98 Å². The van der Waals surface area contributed by atoms with E-state index in [1.54, 1.807) is 30.3 Å². The molecule has 2 unspecified atom stereocenters. The predicted octanol–water partition coefficient (Wildman–Crippen LogP) is 1.49. The smallest absolute Gasteiger partial charge is 0.240 e. The van der Waals surface area contributed by atoms with Gasteiger partial charge in [-0.25, -0.2) is 9.59 Å². The van der Waals surface area contributed by atoms with Gasteiger partial charge < -0.3 is 14.6 Å². The lowest BCUT2D eigenvalue weighted by Gasteiger charge is -2.35. The van der Waals surface area contributed by atoms with Crippen LogP contribution in [0, 0.1) is 0 Å². The van der Waals surface area contributed by atoms with E-state index in [9.17, 15) is 19.5 Å². The zero-order valence-electron chi connectivity index (χ0n) is 14.1. The summed E-state index contributed by atoms with van der Waals surface area (Å²) in [6, 6.07) is 8.24. The second-order valence-electron chi connectivity index (χ2n) is 5.33. The Balaban J connectivity index is 2.58. The maximum Gasteiger partial charge on any atom is 0.240 e. The molecule has 2 rings (SSSR count). The van der Waals surface area contributed by atoms with Gasteiger partial charge >= 0.3 is 0 Å². The summed E-state index contributed by atoms with van der Waals surface area (Å²) in [6.45, 7) is 0. The minimum Gasteiger partial charge on any atom is -0.499 e. The van der Waals surface area contributed by atoms with E-state index >= 15 is 0 Å². The molecule has 1 aromatic rings. The lowest BCUT2D eigenvalue weighted by Crippen LogP contribution is -2.47. The standard InChI is InChI=1S/C18H16N2O6/c1-25-14-9-18(26-2,15(20-11-22)8-13(14)19-10-21)17(24)16(23)12-6-4-3-5-7-12/h3-8,16,23H,9H2,1-2H3. The van der Waals surface area contributed by atoms with Gasteiger partial charge in [0.1, 0.15) is 17.6 Å². The highest BCUT2D eigenvalue weighted by molar-refractivity contribution is 5.96. The van der Waals surface area contributed by atoms with E-state index in [0.717, 1.165) is 0 Å². The van der Waals surface area contributed by atoms with Crippen LogP contribution in [0.3, 0.4) is 0 Å². The number of methoxy groups -OCH3 is 2. The van der Waals surface area contributed by atoms with Crippen molar-refractivity contribution in [3.63, 3.8) is 0 Å². The van der Waals surface area contributed by atoms with Gasteiger partial charge in [0.25, 0.3) is 0 Å². The monoisotopic (exact) mass is 356 g/mol. The predicted molar refractivity (Wildman–Crippen MR) is 89.1 cm³/mol. The van der Waals surface area contributed by atoms with Gasteiger partial charge in [-0.2, -0.15) is 9.98 Å². The Morgan fingerprint density at radius 2 is 1.85 bits per heavy atom. The van der Waals surface area contributed by atoms with Gasteiger partial charge in [-0.3, -0.25) is 4.79 Å². The van der Waals surface area contributed by atoms with Crippen molar-refractivity contribution in [2.75, 3.05) is 14.2 Å². The number of carbonyl (C=O) groups excluding carboxylic acids is 3. The molecule has 1 aliphatic carbocycles. The molecule has 0 aliphatic heterocycles. The zero-order valence-corrected chi connectivity index (χ0v) is 14.1. The first kappa shape index (κ1) is 19.2. The third-order valence-corrected chi connectivity index (χ3v) is 4.07. The van der Waals surface area contributed by atoms with Crippen LogP contribution in [0.25, 0.3) is 0 Å². The number of aliphatic hydroxyl groups is 1. The lowest BCUT2D eigenvalue weighted by atomic mass is 9.81. The van der Waals surface area contributed by atoms with Crippen LogP contribution in [0.1, 0.15) is 18.1 Å². The maximum atomic E-state index is 13.1. The van der Waals surface area contributed by atoms with E-state index in [-0.39, 0.29) is 23.6 Å². The van der Waals surface area contributed by atoms with Gasteiger partial charge in [0.15, 0.2) is 5.60 Å². The largest absolute Gasteiger partial charge is 0.499 e. The number of ketones is 1. The summed E-state index contributed by atoms with van der Waals surface area (Å²) in [7, 11) is 2.57. The van der Waals surface area contributed by atoms with Crippen LogP contribution in [0.4, 0.5) is 0 Å². The van der Waals surface area contributed by atoms with Gasteiger partial charge in [-0.05, 0) is 11.6 Å². The highest BCUT2D eigenvalue weighted by Gasteiger charge is 2.49. The molecule has 0 saturated heterocycles. The van der Waals surface area contributed by atoms with Gasteiger partial charge in [-0.1, -0.05) is 30.3 Å². The number of allylic oxidation sites excluding steroid dienone is 1. The zero-order chi connectivity index (χ0) is 19.2. The Morgan fingerprint density at radius 3 is 2.38 bits per heavy atom. The molecule has 0 radical (unpaired) electrons. The van der Waals surface area contributed by atoms with Gasteiger partial charge in [-0.15, -0.1) is 0 Å². The molecule has 26 heavy (non-hydrogen) atoms. The number of ether oxygens (including phenoxy) is 2. The average Bonchev–Trinajstić information content (AvgIpc) is 2.68. The van der Waals surface area contributed by atoms with Crippen LogP contribution in [-0.4, -0.2) is 42.9 Å². The molecule has 2 atom stereocenters. The third kappa shape index (κ3) is 3.44. The first-order chi connectivity index (χ1) is 12.5. The summed E-state index contributed by atoms with van der Waals surface area (Å²) < 4.78 is 10.6. The summed E-state index contributed by atoms with van der Waals surface area (Å²) in [5, 5.41) is 10.5. The molecule has 1 N–H and O–H groups in total. The van der Waals surface area contributed by atoms with E-state index in [2.05, 4.69) is 9.98 Å². The SMILES string of the molecule is COC1=C(N=C=O)C=C(N=C=O)C(OC)(C(=O)C(O)c2ccccc2)C1. The van der Waals surface area contributed by atoms with Crippen molar-refractivity contribution < 1.29 is 29.0 Å². The summed E-state index contributed by atoms with van der Waals surface area (Å²) in [6.07, 6.45) is 2.15. The molecule has 8 heteroatoms. The topological polar surface area (TPSA) is 115 Å². The van der Waals surface area contributed by atoms with Crippen LogP contribution in [0.5, 0.6) is 0 Å². The van der Waals surface area contributed by atoms with E-state index in [1.807, 2.05) is 0 Å². The fourth-order valence-corrected chi connectivity index (χ4v) is 2.72. The first-order valence-corrected chi connectivity index (χ1v) is 7.51. The summed E-state index contributed by atoms with van der Waals surface area (Å²) in [5.74, 6) is -0.603. The second-order valence-corrected chi connectivity index (χ2v) is 5.33. The number of rotatable bonds is 7. The first-order valence-electron chi connectivity index (χ1n) is 7.51. The minimum absolute atomic E-state index is 0.0474. The Labute approximate surface area is 149 Å². The summed E-state index contributed by atoms with van der Waals surface area (Å²) in [5.41, 5.74) is -1.56.